The molecular formula is C19H29NO3. The fraction of sp³-hybridized carbons (Fsp3) is 0.684. The van der Waals surface area contributed by atoms with Crippen LogP contribution in [0.25, 0.3) is 0 Å². The molecule has 23 heavy (non-hydrogen) atoms. The van der Waals surface area contributed by atoms with Gasteiger partial charge >= 0.3 is 0 Å². The number of β-amino-alcohol motifs (C(OH)–C–C–N with tert-alkyl or cyclic N) is 1. The van der Waals surface area contributed by atoms with Crippen molar-refractivity contribution in [3.05, 3.63) is 35.4 Å². The lowest BCUT2D eigenvalue weighted by atomic mass is 9.88. The van der Waals surface area contributed by atoms with E-state index in [9.17, 15) is 10.2 Å². The average Bonchev–Trinajstić information content (AvgIpc) is 2.95. The summed E-state index contributed by atoms with van der Waals surface area (Å²) in [5.41, 5.74) is 1.94. The molecule has 2 aliphatic heterocycles. The van der Waals surface area contributed by atoms with Crippen molar-refractivity contribution in [2.24, 2.45) is 0 Å². The Hall–Kier alpha value is -0.940. The Morgan fingerprint density at radius 1 is 1.30 bits per heavy atom. The van der Waals surface area contributed by atoms with E-state index in [-0.39, 0.29) is 0 Å². The lowest BCUT2D eigenvalue weighted by molar-refractivity contribution is -0.0897. The van der Waals surface area contributed by atoms with Gasteiger partial charge in [0.25, 0.3) is 0 Å². The molecule has 3 rings (SSSR count). The summed E-state index contributed by atoms with van der Waals surface area (Å²) in [5, 5.41) is 21.1. The molecule has 2 atom stereocenters. The molecule has 0 aromatic heterocycles. The van der Waals surface area contributed by atoms with E-state index in [2.05, 4.69) is 36.1 Å². The normalized spacial score (nSPS) is 26.3. The second-order valence-electron chi connectivity index (χ2n) is 7.20. The minimum atomic E-state index is -0.754. The zero-order chi connectivity index (χ0) is 16.3. The van der Waals surface area contributed by atoms with E-state index in [0.29, 0.717) is 45.1 Å². The topological polar surface area (TPSA) is 52.9 Å². The van der Waals surface area contributed by atoms with Gasteiger partial charge in [0.1, 0.15) is 0 Å². The number of aliphatic hydroxyl groups is 2. The smallest absolute Gasteiger partial charge is 0.0716 e. The number of aliphatic hydroxyl groups excluding tert-OH is 1. The molecular weight excluding hydrogens is 290 g/mol. The summed E-state index contributed by atoms with van der Waals surface area (Å²) >= 11 is 0. The van der Waals surface area contributed by atoms with Crippen LogP contribution in [-0.4, -0.2) is 53.1 Å². The zero-order valence-corrected chi connectivity index (χ0v) is 14.1. The fourth-order valence-corrected chi connectivity index (χ4v) is 4.09. The van der Waals surface area contributed by atoms with E-state index in [1.54, 1.807) is 0 Å². The number of aryl methyl sites for hydroxylation is 1. The molecule has 1 aromatic rings. The Labute approximate surface area is 139 Å². The monoisotopic (exact) mass is 319 g/mol. The van der Waals surface area contributed by atoms with Crippen molar-refractivity contribution in [3.63, 3.8) is 0 Å². The molecule has 2 saturated heterocycles. The Morgan fingerprint density at radius 3 is 2.78 bits per heavy atom. The maximum absolute atomic E-state index is 10.6. The highest BCUT2D eigenvalue weighted by Crippen LogP contribution is 2.34. The Balaban J connectivity index is 1.61. The van der Waals surface area contributed by atoms with Crippen molar-refractivity contribution in [2.75, 3.05) is 26.3 Å². The molecule has 1 aromatic carbocycles. The molecule has 0 amide bonds. The molecule has 4 heteroatoms. The van der Waals surface area contributed by atoms with E-state index >= 15 is 0 Å². The Kier molecular flexibility index (Phi) is 5.37. The van der Waals surface area contributed by atoms with Crippen LogP contribution in [0.15, 0.2) is 24.3 Å². The third-order valence-corrected chi connectivity index (χ3v) is 5.40. The summed E-state index contributed by atoms with van der Waals surface area (Å²) in [6, 6.07) is 8.94. The number of hydrogen-bond acceptors (Lipinski definition) is 4. The first-order valence-electron chi connectivity index (χ1n) is 8.85. The molecule has 0 bridgehead atoms. The van der Waals surface area contributed by atoms with E-state index in [1.165, 1.54) is 17.5 Å². The summed E-state index contributed by atoms with van der Waals surface area (Å²) in [6.45, 7) is 5.02. The molecule has 2 heterocycles. The molecule has 4 nitrogen and oxygen atoms in total. The van der Waals surface area contributed by atoms with Crippen LogP contribution in [0.3, 0.4) is 0 Å². The molecule has 0 radical (unpaired) electrons. The largest absolute Gasteiger partial charge is 0.392 e. The van der Waals surface area contributed by atoms with Gasteiger partial charge in [0.2, 0.25) is 0 Å². The zero-order valence-electron chi connectivity index (χ0n) is 14.1. The van der Waals surface area contributed by atoms with Gasteiger partial charge in [-0.15, -0.1) is 0 Å². The van der Waals surface area contributed by atoms with Gasteiger partial charge in [-0.05, 0) is 50.3 Å². The molecule has 2 aliphatic rings. The van der Waals surface area contributed by atoms with E-state index in [4.69, 9.17) is 4.74 Å². The van der Waals surface area contributed by atoms with Crippen LogP contribution in [0.5, 0.6) is 0 Å². The third-order valence-electron chi connectivity index (χ3n) is 5.40. The number of nitrogens with zero attached hydrogens (tertiary/aromatic N) is 1. The van der Waals surface area contributed by atoms with Crippen molar-refractivity contribution in [1.82, 2.24) is 4.90 Å². The molecule has 0 aliphatic carbocycles. The van der Waals surface area contributed by atoms with Gasteiger partial charge < -0.3 is 14.9 Å². The van der Waals surface area contributed by atoms with Crippen LogP contribution in [0, 0.1) is 6.92 Å². The van der Waals surface area contributed by atoms with Gasteiger partial charge in [-0.3, -0.25) is 4.90 Å². The maximum Gasteiger partial charge on any atom is 0.0716 e. The van der Waals surface area contributed by atoms with Crippen LogP contribution in [0.4, 0.5) is 0 Å². The van der Waals surface area contributed by atoms with Crippen molar-refractivity contribution in [1.29, 1.82) is 0 Å². The van der Waals surface area contributed by atoms with Gasteiger partial charge in [0, 0.05) is 32.2 Å². The first-order chi connectivity index (χ1) is 11.1. The number of ether oxygens (including phenoxy) is 1. The highest BCUT2D eigenvalue weighted by atomic mass is 16.5. The van der Waals surface area contributed by atoms with Crippen molar-refractivity contribution < 1.29 is 14.9 Å². The van der Waals surface area contributed by atoms with Crippen LogP contribution < -0.4 is 0 Å². The number of likely N-dealkylation sites (tertiary alicyclic amines) is 1. The highest BCUT2D eigenvalue weighted by molar-refractivity contribution is 5.29. The summed E-state index contributed by atoms with van der Waals surface area (Å²) in [6.07, 6.45) is 3.55. The number of benzene rings is 1. The first kappa shape index (κ1) is 16.9. The Bertz CT molecular complexity index is 513. The van der Waals surface area contributed by atoms with Crippen LogP contribution >= 0.6 is 0 Å². The summed E-state index contributed by atoms with van der Waals surface area (Å²) < 4.78 is 5.32. The van der Waals surface area contributed by atoms with Gasteiger partial charge in [0.15, 0.2) is 0 Å². The maximum atomic E-state index is 10.6. The summed E-state index contributed by atoms with van der Waals surface area (Å²) in [7, 11) is 0. The quantitative estimate of drug-likeness (QED) is 0.875. The van der Waals surface area contributed by atoms with Gasteiger partial charge in [-0.1, -0.05) is 24.3 Å². The number of hydrogen-bond donors (Lipinski definition) is 2. The van der Waals surface area contributed by atoms with E-state index in [1.807, 2.05) is 0 Å². The van der Waals surface area contributed by atoms with Crippen LogP contribution in [-0.2, 0) is 4.74 Å². The third kappa shape index (κ3) is 4.13. The second kappa shape index (κ2) is 7.31. The summed E-state index contributed by atoms with van der Waals surface area (Å²) in [5.74, 6) is 0. The van der Waals surface area contributed by atoms with Gasteiger partial charge in [-0.2, -0.15) is 0 Å². The van der Waals surface area contributed by atoms with Crippen molar-refractivity contribution >= 4 is 0 Å². The van der Waals surface area contributed by atoms with Crippen LogP contribution in [0.1, 0.15) is 49.3 Å². The Morgan fingerprint density at radius 2 is 2.04 bits per heavy atom. The minimum absolute atomic E-state index is 0.398. The summed E-state index contributed by atoms with van der Waals surface area (Å²) in [4.78, 5) is 2.38. The highest BCUT2D eigenvalue weighted by Gasteiger charge is 2.34. The number of rotatable bonds is 5. The standard InChI is InChI=1S/C19H29NO3/c1-15-5-2-3-6-17(15)18-7-4-10-20(18)14-16(21)13-19(22)8-11-23-12-9-19/h2-3,5-6,16,18,21-22H,4,7-14H2,1H3. The average molecular weight is 319 g/mol. The lowest BCUT2D eigenvalue weighted by Crippen LogP contribution is -2.42. The second-order valence-corrected chi connectivity index (χ2v) is 7.20. The lowest BCUT2D eigenvalue weighted by Gasteiger charge is -2.35. The minimum Gasteiger partial charge on any atom is -0.392 e. The molecule has 0 spiro atoms. The first-order valence-corrected chi connectivity index (χ1v) is 8.85. The molecule has 0 saturated carbocycles. The van der Waals surface area contributed by atoms with Crippen LogP contribution in [0.2, 0.25) is 0 Å². The molecule has 2 fully saturated rings. The molecule has 128 valence electrons. The molecule has 2 N–H and O–H groups in total. The van der Waals surface area contributed by atoms with Crippen molar-refractivity contribution in [3.8, 4) is 0 Å². The van der Waals surface area contributed by atoms with E-state index < -0.39 is 11.7 Å². The molecule has 2 unspecified atom stereocenters. The van der Waals surface area contributed by atoms with Gasteiger partial charge in [-0.25, -0.2) is 0 Å². The van der Waals surface area contributed by atoms with E-state index in [0.717, 1.165) is 13.0 Å². The van der Waals surface area contributed by atoms with Crippen molar-refractivity contribution in [2.45, 2.75) is 56.8 Å². The predicted molar refractivity (Wildman–Crippen MR) is 90.4 cm³/mol. The SMILES string of the molecule is Cc1ccccc1C1CCCN1CC(O)CC1(O)CCOCC1. The predicted octanol–water partition coefficient (Wildman–Crippen LogP) is 2.42. The van der Waals surface area contributed by atoms with Gasteiger partial charge in [0.05, 0.1) is 11.7 Å². The fourth-order valence-electron chi connectivity index (χ4n) is 4.09.